The topological polar surface area (TPSA) is 60.2 Å². The van der Waals surface area contributed by atoms with E-state index in [9.17, 15) is 0 Å². The Morgan fingerprint density at radius 2 is 2.24 bits per heavy atom. The Bertz CT molecular complexity index is 642. The standard InChI is InChI=1S/C17H21N3O/c1-3-19-16(13-8-11(2)9-20-17(13)18)14-10-21-15-7-5-4-6-12(14)15/h4-9,14,16,19H,3,10H2,1-2H3,(H2,18,20). The Balaban J connectivity index is 2.01. The number of hydrogen-bond donors (Lipinski definition) is 2. The van der Waals surface area contributed by atoms with E-state index < -0.39 is 0 Å². The van der Waals surface area contributed by atoms with Crippen LogP contribution >= 0.6 is 0 Å². The highest BCUT2D eigenvalue weighted by Crippen LogP contribution is 2.42. The number of nitrogens with zero attached hydrogens (tertiary/aromatic N) is 1. The lowest BCUT2D eigenvalue weighted by molar-refractivity contribution is 0.301. The number of fused-ring (bicyclic) bond motifs is 1. The first-order chi connectivity index (χ1) is 10.2. The van der Waals surface area contributed by atoms with Crippen LogP contribution in [-0.2, 0) is 0 Å². The SMILES string of the molecule is CCNC(c1cc(C)cnc1N)C1COc2ccccc21. The van der Waals surface area contributed by atoms with Crippen LogP contribution in [0.1, 0.15) is 35.6 Å². The molecule has 0 aliphatic carbocycles. The van der Waals surface area contributed by atoms with Gasteiger partial charge in [-0.25, -0.2) is 4.98 Å². The Kier molecular flexibility index (Phi) is 3.80. The average molecular weight is 283 g/mol. The number of nitrogens with two attached hydrogens (primary N) is 1. The van der Waals surface area contributed by atoms with Crippen molar-refractivity contribution in [3.63, 3.8) is 0 Å². The number of para-hydroxylation sites is 1. The van der Waals surface area contributed by atoms with Crippen LogP contribution in [0.25, 0.3) is 0 Å². The second kappa shape index (κ2) is 5.74. The zero-order chi connectivity index (χ0) is 14.8. The number of nitrogen functional groups attached to an aromatic ring is 1. The van der Waals surface area contributed by atoms with Crippen molar-refractivity contribution in [1.29, 1.82) is 0 Å². The Morgan fingerprint density at radius 3 is 3.05 bits per heavy atom. The molecule has 21 heavy (non-hydrogen) atoms. The number of nitrogens with one attached hydrogen (secondary N) is 1. The first-order valence-electron chi connectivity index (χ1n) is 7.37. The summed E-state index contributed by atoms with van der Waals surface area (Å²) in [6, 6.07) is 10.5. The Hall–Kier alpha value is -2.07. The van der Waals surface area contributed by atoms with Crippen LogP contribution in [-0.4, -0.2) is 18.1 Å². The van der Waals surface area contributed by atoms with E-state index in [2.05, 4.69) is 35.4 Å². The highest BCUT2D eigenvalue weighted by Gasteiger charge is 2.33. The number of pyridine rings is 1. The summed E-state index contributed by atoms with van der Waals surface area (Å²) in [6.45, 7) is 5.69. The summed E-state index contributed by atoms with van der Waals surface area (Å²) in [5.74, 6) is 1.83. The predicted octanol–water partition coefficient (Wildman–Crippen LogP) is 2.80. The van der Waals surface area contributed by atoms with Crippen molar-refractivity contribution in [3.8, 4) is 5.75 Å². The lowest BCUT2D eigenvalue weighted by Gasteiger charge is -2.25. The molecule has 1 aromatic carbocycles. The van der Waals surface area contributed by atoms with Crippen LogP contribution in [0.3, 0.4) is 0 Å². The molecule has 3 N–H and O–H groups in total. The fourth-order valence-corrected chi connectivity index (χ4v) is 3.00. The van der Waals surface area contributed by atoms with Crippen LogP contribution < -0.4 is 15.8 Å². The van der Waals surface area contributed by atoms with Crippen molar-refractivity contribution < 1.29 is 4.74 Å². The van der Waals surface area contributed by atoms with Gasteiger partial charge in [0, 0.05) is 29.3 Å². The molecule has 2 atom stereocenters. The molecule has 110 valence electrons. The fourth-order valence-electron chi connectivity index (χ4n) is 3.00. The zero-order valence-corrected chi connectivity index (χ0v) is 12.5. The van der Waals surface area contributed by atoms with Crippen molar-refractivity contribution in [2.24, 2.45) is 0 Å². The summed E-state index contributed by atoms with van der Waals surface area (Å²) in [5.41, 5.74) is 9.53. The number of likely N-dealkylation sites (N-methyl/N-ethyl adjacent to an activating group) is 1. The summed E-state index contributed by atoms with van der Waals surface area (Å²) in [7, 11) is 0. The number of ether oxygens (including phenoxy) is 1. The molecule has 2 unspecified atom stereocenters. The number of rotatable bonds is 4. The van der Waals surface area contributed by atoms with Gasteiger partial charge in [-0.15, -0.1) is 0 Å². The fraction of sp³-hybridized carbons (Fsp3) is 0.353. The lowest BCUT2D eigenvalue weighted by atomic mass is 9.88. The van der Waals surface area contributed by atoms with Crippen LogP contribution in [0.15, 0.2) is 36.5 Å². The maximum atomic E-state index is 6.12. The third-order valence-corrected chi connectivity index (χ3v) is 3.98. The van der Waals surface area contributed by atoms with Crippen LogP contribution in [0.5, 0.6) is 5.75 Å². The van der Waals surface area contributed by atoms with Crippen molar-refractivity contribution in [1.82, 2.24) is 10.3 Å². The molecule has 0 spiro atoms. The Labute approximate surface area is 125 Å². The second-order valence-corrected chi connectivity index (χ2v) is 5.48. The number of aryl methyl sites for hydroxylation is 1. The van der Waals surface area contributed by atoms with Crippen molar-refractivity contribution in [2.45, 2.75) is 25.8 Å². The normalized spacial score (nSPS) is 18.1. The summed E-state index contributed by atoms with van der Waals surface area (Å²) in [4.78, 5) is 4.31. The molecule has 3 rings (SSSR count). The molecule has 0 saturated heterocycles. The number of anilines is 1. The molecule has 0 fully saturated rings. The summed E-state index contributed by atoms with van der Waals surface area (Å²) >= 11 is 0. The van der Waals surface area contributed by atoms with Gasteiger partial charge >= 0.3 is 0 Å². The molecule has 2 aromatic rings. The lowest BCUT2D eigenvalue weighted by Crippen LogP contribution is -2.29. The van der Waals surface area contributed by atoms with Gasteiger partial charge < -0.3 is 15.8 Å². The third-order valence-electron chi connectivity index (χ3n) is 3.98. The van der Waals surface area contributed by atoms with E-state index in [-0.39, 0.29) is 12.0 Å². The number of aromatic nitrogens is 1. The van der Waals surface area contributed by atoms with Gasteiger partial charge in [0.15, 0.2) is 0 Å². The van der Waals surface area contributed by atoms with Crippen LogP contribution in [0, 0.1) is 6.92 Å². The van der Waals surface area contributed by atoms with E-state index in [1.807, 2.05) is 19.1 Å². The van der Waals surface area contributed by atoms with Gasteiger partial charge in [-0.1, -0.05) is 25.1 Å². The van der Waals surface area contributed by atoms with Gasteiger partial charge in [0.2, 0.25) is 0 Å². The van der Waals surface area contributed by atoms with Gasteiger partial charge in [-0.05, 0) is 31.2 Å². The van der Waals surface area contributed by atoms with E-state index in [0.717, 1.165) is 23.4 Å². The van der Waals surface area contributed by atoms with Crippen molar-refractivity contribution in [2.75, 3.05) is 18.9 Å². The quantitative estimate of drug-likeness (QED) is 0.906. The number of benzene rings is 1. The minimum Gasteiger partial charge on any atom is -0.493 e. The van der Waals surface area contributed by atoms with Gasteiger partial charge in [0.05, 0.1) is 6.61 Å². The molecule has 0 saturated carbocycles. The molecule has 1 aliphatic rings. The molecular weight excluding hydrogens is 262 g/mol. The van der Waals surface area contributed by atoms with E-state index in [1.165, 1.54) is 5.56 Å². The molecule has 1 aliphatic heterocycles. The maximum absolute atomic E-state index is 6.12. The molecule has 1 aromatic heterocycles. The van der Waals surface area contributed by atoms with Gasteiger partial charge in [-0.2, -0.15) is 0 Å². The van der Waals surface area contributed by atoms with E-state index in [0.29, 0.717) is 12.4 Å². The minimum absolute atomic E-state index is 0.117. The van der Waals surface area contributed by atoms with Gasteiger partial charge in [-0.3, -0.25) is 0 Å². The molecule has 4 heteroatoms. The number of hydrogen-bond acceptors (Lipinski definition) is 4. The maximum Gasteiger partial charge on any atom is 0.128 e. The van der Waals surface area contributed by atoms with Crippen molar-refractivity contribution in [3.05, 3.63) is 53.2 Å². The van der Waals surface area contributed by atoms with Gasteiger partial charge in [0.1, 0.15) is 11.6 Å². The van der Waals surface area contributed by atoms with Crippen LogP contribution in [0.4, 0.5) is 5.82 Å². The third kappa shape index (κ3) is 2.59. The van der Waals surface area contributed by atoms with E-state index >= 15 is 0 Å². The van der Waals surface area contributed by atoms with Crippen LogP contribution in [0.2, 0.25) is 0 Å². The average Bonchev–Trinajstić information content (AvgIpc) is 2.91. The highest BCUT2D eigenvalue weighted by atomic mass is 16.5. The molecule has 0 radical (unpaired) electrons. The predicted molar refractivity (Wildman–Crippen MR) is 84.5 cm³/mol. The monoisotopic (exact) mass is 283 g/mol. The molecule has 0 amide bonds. The van der Waals surface area contributed by atoms with Gasteiger partial charge in [0.25, 0.3) is 0 Å². The first-order valence-corrected chi connectivity index (χ1v) is 7.37. The summed E-state index contributed by atoms with van der Waals surface area (Å²) in [6.07, 6.45) is 1.81. The van der Waals surface area contributed by atoms with E-state index in [1.54, 1.807) is 6.20 Å². The summed E-state index contributed by atoms with van der Waals surface area (Å²) < 4.78 is 5.83. The largest absolute Gasteiger partial charge is 0.493 e. The molecule has 4 nitrogen and oxygen atoms in total. The highest BCUT2D eigenvalue weighted by molar-refractivity contribution is 5.48. The molecular formula is C17H21N3O. The first kappa shape index (κ1) is 13.9. The van der Waals surface area contributed by atoms with E-state index in [4.69, 9.17) is 10.5 Å². The summed E-state index contributed by atoms with van der Waals surface area (Å²) in [5, 5.41) is 3.55. The minimum atomic E-state index is 0.117. The van der Waals surface area contributed by atoms with Crippen molar-refractivity contribution >= 4 is 5.82 Å². The molecule has 0 bridgehead atoms. The smallest absolute Gasteiger partial charge is 0.128 e. The molecule has 2 heterocycles. The second-order valence-electron chi connectivity index (χ2n) is 5.48. The Morgan fingerprint density at radius 1 is 1.43 bits per heavy atom. The zero-order valence-electron chi connectivity index (χ0n) is 12.5.